The summed E-state index contributed by atoms with van der Waals surface area (Å²) in [5.74, 6) is -0.243. The molecule has 2 aromatic heterocycles. The molecule has 0 radical (unpaired) electrons. The van der Waals surface area contributed by atoms with E-state index in [-0.39, 0.29) is 11.3 Å². The standard InChI is InChI=1S/C12H16N4O3S/c1-3-8-20(18,19)14-11(17)10-9-13-15(2)12(10)16-6-4-5-7-16/h4-7,9H,3,8H2,1-2H3,(H,14,17). The minimum atomic E-state index is -3.60. The van der Waals surface area contributed by atoms with Gasteiger partial charge in [0.05, 0.1) is 11.9 Å². The number of rotatable bonds is 5. The lowest BCUT2D eigenvalue weighted by molar-refractivity contribution is 0.0981. The summed E-state index contributed by atoms with van der Waals surface area (Å²) in [7, 11) is -1.91. The van der Waals surface area contributed by atoms with Crippen molar-refractivity contribution in [1.29, 1.82) is 0 Å². The topological polar surface area (TPSA) is 86.0 Å². The molecule has 0 aliphatic heterocycles. The average Bonchev–Trinajstić information content (AvgIpc) is 2.96. The van der Waals surface area contributed by atoms with Crippen molar-refractivity contribution >= 4 is 15.9 Å². The highest BCUT2D eigenvalue weighted by Gasteiger charge is 2.21. The molecule has 7 nitrogen and oxygen atoms in total. The summed E-state index contributed by atoms with van der Waals surface area (Å²) in [6.07, 6.45) is 5.31. The van der Waals surface area contributed by atoms with Crippen LogP contribution in [-0.4, -0.2) is 34.4 Å². The van der Waals surface area contributed by atoms with Gasteiger partial charge in [0.15, 0.2) is 0 Å². The number of nitrogens with one attached hydrogen (secondary N) is 1. The molecule has 1 N–H and O–H groups in total. The van der Waals surface area contributed by atoms with E-state index in [0.29, 0.717) is 12.2 Å². The predicted octanol–water partition coefficient (Wildman–Crippen LogP) is 0.680. The van der Waals surface area contributed by atoms with Gasteiger partial charge < -0.3 is 4.57 Å². The zero-order valence-corrected chi connectivity index (χ0v) is 12.1. The van der Waals surface area contributed by atoms with Gasteiger partial charge in [-0.05, 0) is 18.6 Å². The fraction of sp³-hybridized carbons (Fsp3) is 0.333. The highest BCUT2D eigenvalue weighted by Crippen LogP contribution is 2.14. The van der Waals surface area contributed by atoms with Gasteiger partial charge in [-0.1, -0.05) is 6.92 Å². The van der Waals surface area contributed by atoms with Crippen molar-refractivity contribution in [3.8, 4) is 5.82 Å². The lowest BCUT2D eigenvalue weighted by Crippen LogP contribution is -2.32. The molecule has 0 saturated heterocycles. The van der Waals surface area contributed by atoms with E-state index in [0.717, 1.165) is 0 Å². The van der Waals surface area contributed by atoms with Crippen LogP contribution in [0.5, 0.6) is 0 Å². The minimum Gasteiger partial charge on any atom is -0.308 e. The van der Waals surface area contributed by atoms with Crippen molar-refractivity contribution in [2.24, 2.45) is 7.05 Å². The maximum atomic E-state index is 12.1. The molecule has 0 spiro atoms. The zero-order valence-electron chi connectivity index (χ0n) is 11.3. The van der Waals surface area contributed by atoms with Crippen LogP contribution in [0.2, 0.25) is 0 Å². The van der Waals surface area contributed by atoms with Gasteiger partial charge in [0.25, 0.3) is 5.91 Å². The third-order valence-electron chi connectivity index (χ3n) is 2.72. The SMILES string of the molecule is CCCS(=O)(=O)NC(=O)c1cnn(C)c1-n1cccc1. The Bertz CT molecular complexity index is 701. The number of hydrogen-bond acceptors (Lipinski definition) is 4. The number of amides is 1. The Kier molecular flexibility index (Phi) is 3.93. The molecule has 0 bridgehead atoms. The Hall–Kier alpha value is -2.09. The van der Waals surface area contributed by atoms with E-state index in [1.807, 2.05) is 12.1 Å². The number of aryl methyl sites for hydroxylation is 1. The third-order valence-corrected chi connectivity index (χ3v) is 4.16. The average molecular weight is 296 g/mol. The highest BCUT2D eigenvalue weighted by molar-refractivity contribution is 7.90. The van der Waals surface area contributed by atoms with Crippen molar-refractivity contribution in [3.05, 3.63) is 36.3 Å². The van der Waals surface area contributed by atoms with Crippen molar-refractivity contribution < 1.29 is 13.2 Å². The lowest BCUT2D eigenvalue weighted by Gasteiger charge is -2.08. The Balaban J connectivity index is 2.33. The molecule has 108 valence electrons. The molecule has 0 unspecified atom stereocenters. The number of carbonyl (C=O) groups excluding carboxylic acids is 1. The molecule has 0 saturated carbocycles. The fourth-order valence-electron chi connectivity index (χ4n) is 1.89. The van der Waals surface area contributed by atoms with Gasteiger partial charge in [-0.3, -0.25) is 9.48 Å². The van der Waals surface area contributed by atoms with E-state index in [2.05, 4.69) is 9.82 Å². The Morgan fingerprint density at radius 2 is 2.00 bits per heavy atom. The monoisotopic (exact) mass is 296 g/mol. The Labute approximate surface area is 117 Å². The van der Waals surface area contributed by atoms with Gasteiger partial charge in [0.1, 0.15) is 11.4 Å². The second-order valence-corrected chi connectivity index (χ2v) is 6.19. The minimum absolute atomic E-state index is 0.0855. The zero-order chi connectivity index (χ0) is 14.8. The lowest BCUT2D eigenvalue weighted by atomic mass is 10.3. The van der Waals surface area contributed by atoms with Crippen LogP contribution in [0.3, 0.4) is 0 Å². The molecule has 0 aliphatic rings. The largest absolute Gasteiger partial charge is 0.308 e. The molecule has 0 aliphatic carbocycles. The van der Waals surface area contributed by atoms with Gasteiger partial charge in [-0.15, -0.1) is 0 Å². The first kappa shape index (κ1) is 14.3. The van der Waals surface area contributed by atoms with E-state index < -0.39 is 15.9 Å². The van der Waals surface area contributed by atoms with Gasteiger partial charge >= 0.3 is 0 Å². The second kappa shape index (κ2) is 5.49. The summed E-state index contributed by atoms with van der Waals surface area (Å²) in [5.41, 5.74) is 0.211. The van der Waals surface area contributed by atoms with E-state index in [9.17, 15) is 13.2 Å². The highest BCUT2D eigenvalue weighted by atomic mass is 32.2. The molecule has 0 atom stereocenters. The van der Waals surface area contributed by atoms with Crippen LogP contribution in [0.25, 0.3) is 5.82 Å². The number of hydrogen-bond donors (Lipinski definition) is 1. The third kappa shape index (κ3) is 2.90. The summed E-state index contributed by atoms with van der Waals surface area (Å²) < 4.78 is 28.6. The van der Waals surface area contributed by atoms with Gasteiger partial charge in [0.2, 0.25) is 10.0 Å². The number of aromatic nitrogens is 3. The van der Waals surface area contributed by atoms with Crippen LogP contribution in [-0.2, 0) is 17.1 Å². The second-order valence-electron chi connectivity index (χ2n) is 4.35. The first-order valence-corrected chi connectivity index (χ1v) is 7.80. The molecule has 1 amide bonds. The first-order valence-electron chi connectivity index (χ1n) is 6.15. The Morgan fingerprint density at radius 3 is 2.60 bits per heavy atom. The van der Waals surface area contributed by atoms with E-state index in [4.69, 9.17) is 0 Å². The maximum Gasteiger partial charge on any atom is 0.270 e. The number of sulfonamides is 1. The summed E-state index contributed by atoms with van der Waals surface area (Å²) in [4.78, 5) is 12.1. The van der Waals surface area contributed by atoms with Gasteiger partial charge in [0, 0.05) is 19.4 Å². The van der Waals surface area contributed by atoms with Crippen molar-refractivity contribution in [2.75, 3.05) is 5.75 Å². The molecular weight excluding hydrogens is 280 g/mol. The van der Waals surface area contributed by atoms with Crippen LogP contribution in [0.1, 0.15) is 23.7 Å². The summed E-state index contributed by atoms with van der Waals surface area (Å²) in [6, 6.07) is 3.62. The quantitative estimate of drug-likeness (QED) is 0.879. The van der Waals surface area contributed by atoms with Gasteiger partial charge in [-0.25, -0.2) is 13.1 Å². The molecular formula is C12H16N4O3S. The van der Waals surface area contributed by atoms with Crippen LogP contribution in [0.4, 0.5) is 0 Å². The van der Waals surface area contributed by atoms with Crippen LogP contribution >= 0.6 is 0 Å². The van der Waals surface area contributed by atoms with Crippen molar-refractivity contribution in [3.63, 3.8) is 0 Å². The molecule has 2 rings (SSSR count). The molecule has 2 heterocycles. The number of nitrogens with zero attached hydrogens (tertiary/aromatic N) is 3. The molecule has 0 fully saturated rings. The summed E-state index contributed by atoms with van der Waals surface area (Å²) >= 11 is 0. The number of carbonyl (C=O) groups is 1. The van der Waals surface area contributed by atoms with Crippen molar-refractivity contribution in [2.45, 2.75) is 13.3 Å². The van der Waals surface area contributed by atoms with Gasteiger partial charge in [-0.2, -0.15) is 5.10 Å². The normalized spacial score (nSPS) is 11.5. The van der Waals surface area contributed by atoms with Crippen molar-refractivity contribution in [1.82, 2.24) is 19.1 Å². The maximum absolute atomic E-state index is 12.1. The van der Waals surface area contributed by atoms with Crippen LogP contribution in [0.15, 0.2) is 30.7 Å². The van der Waals surface area contributed by atoms with Crippen LogP contribution in [0, 0.1) is 0 Å². The van der Waals surface area contributed by atoms with Crippen LogP contribution < -0.4 is 4.72 Å². The predicted molar refractivity (Wildman–Crippen MR) is 74.1 cm³/mol. The molecule has 8 heteroatoms. The smallest absolute Gasteiger partial charge is 0.270 e. The summed E-state index contributed by atoms with van der Waals surface area (Å²) in [5, 5.41) is 4.01. The molecule has 2 aromatic rings. The first-order chi connectivity index (χ1) is 9.44. The van der Waals surface area contributed by atoms with E-state index >= 15 is 0 Å². The van der Waals surface area contributed by atoms with E-state index in [1.165, 1.54) is 10.9 Å². The Morgan fingerprint density at radius 1 is 1.35 bits per heavy atom. The summed E-state index contributed by atoms with van der Waals surface area (Å²) in [6.45, 7) is 1.74. The molecule has 0 aromatic carbocycles. The fourth-order valence-corrected chi connectivity index (χ4v) is 2.92. The van der Waals surface area contributed by atoms with E-state index in [1.54, 1.807) is 30.9 Å². The molecule has 20 heavy (non-hydrogen) atoms.